The predicted molar refractivity (Wildman–Crippen MR) is 60.9 cm³/mol. The highest BCUT2D eigenvalue weighted by Gasteiger charge is 2.65. The van der Waals surface area contributed by atoms with Crippen molar-refractivity contribution < 1.29 is 32.6 Å². The van der Waals surface area contributed by atoms with Crippen LogP contribution >= 0.6 is 0 Å². The third kappa shape index (κ3) is 1.97. The lowest BCUT2D eigenvalue weighted by Crippen LogP contribution is -2.55. The summed E-state index contributed by atoms with van der Waals surface area (Å²) in [5.41, 5.74) is -3.92. The molecule has 2 aliphatic rings. The number of ether oxygens (including phenoxy) is 1. The van der Waals surface area contributed by atoms with E-state index >= 15 is 0 Å². The van der Waals surface area contributed by atoms with E-state index in [2.05, 4.69) is 0 Å². The van der Waals surface area contributed by atoms with Gasteiger partial charge < -0.3 is 14.7 Å². The zero-order valence-corrected chi connectivity index (χ0v) is 11.0. The summed E-state index contributed by atoms with van der Waals surface area (Å²) < 4.78 is 44.2. The number of aliphatic carboxylic acids is 1. The molecule has 114 valence electrons. The maximum Gasteiger partial charge on any atom is 0.406 e. The second-order valence-corrected chi connectivity index (χ2v) is 5.41. The van der Waals surface area contributed by atoms with Gasteiger partial charge in [-0.25, -0.2) is 0 Å². The number of alkyl halides is 3. The molecule has 1 N–H and O–H groups in total. The van der Waals surface area contributed by atoms with Gasteiger partial charge in [0, 0.05) is 20.2 Å². The number of methoxy groups -OCH3 is 1. The number of likely N-dealkylation sites (tertiary alicyclic amines) is 1. The number of rotatable bonds is 3. The van der Waals surface area contributed by atoms with Crippen molar-refractivity contribution in [3.05, 3.63) is 0 Å². The zero-order chi connectivity index (χ0) is 15.2. The van der Waals surface area contributed by atoms with Crippen molar-refractivity contribution in [1.82, 2.24) is 4.90 Å². The zero-order valence-electron chi connectivity index (χ0n) is 11.0. The Bertz CT molecular complexity index is 427. The van der Waals surface area contributed by atoms with Gasteiger partial charge in [0.2, 0.25) is 0 Å². The van der Waals surface area contributed by atoms with Crippen LogP contribution in [0, 0.1) is 5.41 Å². The standard InChI is InChI=1S/C12H16F3NO4/c1-20-11(3-2-4-11)8(17)16-6-5-10(7-16,9(18)19)12(13,14)15/h2-7H2,1H3,(H,18,19). The normalized spacial score (nSPS) is 29.1. The number of carbonyl (C=O) groups excluding carboxylic acids is 1. The van der Waals surface area contributed by atoms with Crippen LogP contribution in [0.1, 0.15) is 25.7 Å². The molecule has 0 aromatic rings. The Morgan fingerprint density at radius 3 is 2.15 bits per heavy atom. The molecule has 2 rings (SSSR count). The van der Waals surface area contributed by atoms with Crippen LogP contribution < -0.4 is 0 Å². The Morgan fingerprint density at radius 2 is 1.85 bits per heavy atom. The topological polar surface area (TPSA) is 66.8 Å². The number of halogens is 3. The summed E-state index contributed by atoms with van der Waals surface area (Å²) in [4.78, 5) is 24.3. The van der Waals surface area contributed by atoms with Crippen molar-refractivity contribution in [1.29, 1.82) is 0 Å². The second-order valence-electron chi connectivity index (χ2n) is 5.41. The van der Waals surface area contributed by atoms with Crippen LogP contribution in [0.3, 0.4) is 0 Å². The first-order valence-corrected chi connectivity index (χ1v) is 6.33. The van der Waals surface area contributed by atoms with Crippen molar-refractivity contribution in [3.8, 4) is 0 Å². The van der Waals surface area contributed by atoms with Gasteiger partial charge in [-0.3, -0.25) is 9.59 Å². The van der Waals surface area contributed by atoms with Crippen LogP contribution in [-0.2, 0) is 14.3 Å². The van der Waals surface area contributed by atoms with Crippen molar-refractivity contribution in [2.45, 2.75) is 37.5 Å². The van der Waals surface area contributed by atoms with Gasteiger partial charge in [0.25, 0.3) is 5.91 Å². The summed E-state index contributed by atoms with van der Waals surface area (Å²) in [7, 11) is 1.35. The van der Waals surface area contributed by atoms with E-state index in [4.69, 9.17) is 9.84 Å². The number of carboxylic acid groups (broad SMARTS) is 1. The molecule has 1 aliphatic heterocycles. The number of nitrogens with zero attached hydrogens (tertiary/aromatic N) is 1. The molecular formula is C12H16F3NO4. The molecule has 1 amide bonds. The molecule has 1 aliphatic carbocycles. The molecule has 1 saturated heterocycles. The molecule has 1 saturated carbocycles. The minimum absolute atomic E-state index is 0.213. The lowest BCUT2D eigenvalue weighted by molar-refractivity contribution is -0.227. The summed E-state index contributed by atoms with van der Waals surface area (Å²) in [5.74, 6) is -2.46. The van der Waals surface area contributed by atoms with Gasteiger partial charge in [-0.15, -0.1) is 0 Å². The smallest absolute Gasteiger partial charge is 0.406 e. The Kier molecular flexibility index (Phi) is 3.48. The highest BCUT2D eigenvalue weighted by Crippen LogP contribution is 2.47. The molecule has 1 atom stereocenters. The maximum absolute atomic E-state index is 13.0. The van der Waals surface area contributed by atoms with Crippen molar-refractivity contribution in [2.24, 2.45) is 5.41 Å². The number of amides is 1. The average Bonchev–Trinajstić information content (AvgIpc) is 2.73. The fourth-order valence-corrected chi connectivity index (χ4v) is 2.80. The van der Waals surface area contributed by atoms with E-state index in [0.29, 0.717) is 12.8 Å². The number of carboxylic acids is 1. The third-order valence-corrected chi connectivity index (χ3v) is 4.45. The van der Waals surface area contributed by atoms with Crippen molar-refractivity contribution >= 4 is 11.9 Å². The van der Waals surface area contributed by atoms with Crippen LogP contribution in [0.15, 0.2) is 0 Å². The Morgan fingerprint density at radius 1 is 1.25 bits per heavy atom. The molecule has 0 aromatic carbocycles. The molecule has 0 bridgehead atoms. The first-order chi connectivity index (χ1) is 9.18. The van der Waals surface area contributed by atoms with E-state index in [1.807, 2.05) is 0 Å². The Balaban J connectivity index is 2.19. The lowest BCUT2D eigenvalue weighted by atomic mass is 9.78. The molecule has 0 radical (unpaired) electrons. The van der Waals surface area contributed by atoms with Gasteiger partial charge in [0.05, 0.1) is 0 Å². The lowest BCUT2D eigenvalue weighted by Gasteiger charge is -2.41. The Hall–Kier alpha value is -1.31. The molecule has 20 heavy (non-hydrogen) atoms. The first kappa shape index (κ1) is 15.1. The number of hydrogen-bond donors (Lipinski definition) is 1. The van der Waals surface area contributed by atoms with Gasteiger partial charge in [-0.2, -0.15) is 13.2 Å². The van der Waals surface area contributed by atoms with Gasteiger partial charge in [-0.1, -0.05) is 0 Å². The molecule has 0 spiro atoms. The second kappa shape index (κ2) is 4.61. The minimum atomic E-state index is -4.88. The van der Waals surface area contributed by atoms with Crippen LogP contribution in [0.5, 0.6) is 0 Å². The van der Waals surface area contributed by atoms with Crippen molar-refractivity contribution in [2.75, 3.05) is 20.2 Å². The summed E-state index contributed by atoms with van der Waals surface area (Å²) >= 11 is 0. The summed E-state index contributed by atoms with van der Waals surface area (Å²) in [6.07, 6.45) is -3.79. The highest BCUT2D eigenvalue weighted by molar-refractivity contribution is 5.88. The van der Waals surface area contributed by atoms with E-state index in [-0.39, 0.29) is 6.54 Å². The number of carbonyl (C=O) groups is 2. The van der Waals surface area contributed by atoms with Gasteiger partial charge >= 0.3 is 12.1 Å². The molecule has 5 nitrogen and oxygen atoms in total. The van der Waals surface area contributed by atoms with Crippen LogP contribution in [-0.4, -0.2) is 53.9 Å². The summed E-state index contributed by atoms with van der Waals surface area (Å²) in [5, 5.41) is 8.94. The van der Waals surface area contributed by atoms with E-state index < -0.39 is 42.0 Å². The van der Waals surface area contributed by atoms with Crippen molar-refractivity contribution in [3.63, 3.8) is 0 Å². The first-order valence-electron chi connectivity index (χ1n) is 6.33. The highest BCUT2D eigenvalue weighted by atomic mass is 19.4. The molecule has 2 fully saturated rings. The van der Waals surface area contributed by atoms with Gasteiger partial charge in [0.15, 0.2) is 5.41 Å². The number of hydrogen-bond acceptors (Lipinski definition) is 3. The molecule has 0 aromatic heterocycles. The molecule has 1 unspecified atom stereocenters. The fourth-order valence-electron chi connectivity index (χ4n) is 2.80. The minimum Gasteiger partial charge on any atom is -0.481 e. The molecule has 1 heterocycles. The van der Waals surface area contributed by atoms with Crippen LogP contribution in [0.4, 0.5) is 13.2 Å². The van der Waals surface area contributed by atoms with Crippen LogP contribution in [0.2, 0.25) is 0 Å². The van der Waals surface area contributed by atoms with E-state index in [1.165, 1.54) is 7.11 Å². The quantitative estimate of drug-likeness (QED) is 0.855. The van der Waals surface area contributed by atoms with E-state index in [1.54, 1.807) is 0 Å². The monoisotopic (exact) mass is 295 g/mol. The maximum atomic E-state index is 13.0. The third-order valence-electron chi connectivity index (χ3n) is 4.45. The summed E-state index contributed by atoms with van der Waals surface area (Å²) in [6.45, 7) is -1.05. The predicted octanol–water partition coefficient (Wildman–Crippen LogP) is 1.42. The van der Waals surface area contributed by atoms with E-state index in [0.717, 1.165) is 11.3 Å². The van der Waals surface area contributed by atoms with Crippen LogP contribution in [0.25, 0.3) is 0 Å². The van der Waals surface area contributed by atoms with Gasteiger partial charge in [0.1, 0.15) is 5.60 Å². The fraction of sp³-hybridized carbons (Fsp3) is 0.833. The summed E-state index contributed by atoms with van der Waals surface area (Å²) in [6, 6.07) is 0. The largest absolute Gasteiger partial charge is 0.481 e. The average molecular weight is 295 g/mol. The van der Waals surface area contributed by atoms with E-state index in [9.17, 15) is 22.8 Å². The molecular weight excluding hydrogens is 279 g/mol. The SMILES string of the molecule is COC1(C(=O)N2CCC(C(=O)O)(C(F)(F)F)C2)CCC1. The molecule has 8 heteroatoms. The Labute approximate surface area is 113 Å². The van der Waals surface area contributed by atoms with Gasteiger partial charge in [-0.05, 0) is 25.7 Å².